The SMILES string of the molecule is CCC(C)O.Cl.Cl.N. The topological polar surface area (TPSA) is 55.2 Å². The monoisotopic (exact) mass is 163 g/mol. The lowest BCUT2D eigenvalue weighted by Gasteiger charge is -1.90. The van der Waals surface area contributed by atoms with Gasteiger partial charge >= 0.3 is 0 Å². The van der Waals surface area contributed by atoms with Gasteiger partial charge in [-0.1, -0.05) is 6.92 Å². The van der Waals surface area contributed by atoms with E-state index in [1.54, 1.807) is 6.92 Å². The Labute approximate surface area is 63.1 Å². The summed E-state index contributed by atoms with van der Waals surface area (Å²) in [5.41, 5.74) is 0. The van der Waals surface area contributed by atoms with Crippen molar-refractivity contribution in [3.63, 3.8) is 0 Å². The first kappa shape index (κ1) is 23.6. The third-order valence-electron chi connectivity index (χ3n) is 0.591. The van der Waals surface area contributed by atoms with Gasteiger partial charge in [0, 0.05) is 0 Å². The second-order valence-electron chi connectivity index (χ2n) is 1.26. The fourth-order valence-electron chi connectivity index (χ4n) is 0. The number of hydrogen-bond donors (Lipinski definition) is 2. The molecule has 1 atom stereocenters. The molecule has 8 heavy (non-hydrogen) atoms. The molecule has 0 bridgehead atoms. The van der Waals surface area contributed by atoms with Crippen molar-refractivity contribution in [3.05, 3.63) is 0 Å². The van der Waals surface area contributed by atoms with E-state index >= 15 is 0 Å². The van der Waals surface area contributed by atoms with Gasteiger partial charge in [0.2, 0.25) is 0 Å². The second-order valence-corrected chi connectivity index (χ2v) is 1.26. The van der Waals surface area contributed by atoms with Crippen molar-refractivity contribution in [2.45, 2.75) is 26.4 Å². The van der Waals surface area contributed by atoms with Crippen molar-refractivity contribution >= 4 is 24.8 Å². The highest BCUT2D eigenvalue weighted by atomic mass is 35.5. The van der Waals surface area contributed by atoms with E-state index < -0.39 is 0 Å². The van der Waals surface area contributed by atoms with Crippen LogP contribution in [-0.2, 0) is 0 Å². The Morgan fingerprint density at radius 3 is 1.50 bits per heavy atom. The van der Waals surface area contributed by atoms with E-state index in [9.17, 15) is 0 Å². The number of hydrogen-bond acceptors (Lipinski definition) is 2. The zero-order valence-electron chi connectivity index (χ0n) is 5.26. The van der Waals surface area contributed by atoms with Crippen molar-refractivity contribution in [1.29, 1.82) is 0 Å². The first-order valence-electron chi connectivity index (χ1n) is 1.95. The standard InChI is InChI=1S/C4H10O.2ClH.H3N/c1-3-4(2)5;;;/h4-5H,3H2,1-2H3;2*1H;1H3. The van der Waals surface area contributed by atoms with Crippen LogP contribution < -0.4 is 6.15 Å². The molecule has 0 aromatic rings. The van der Waals surface area contributed by atoms with E-state index in [0.29, 0.717) is 0 Å². The zero-order chi connectivity index (χ0) is 4.28. The summed E-state index contributed by atoms with van der Waals surface area (Å²) in [5.74, 6) is 0. The summed E-state index contributed by atoms with van der Waals surface area (Å²) in [6, 6.07) is 0. The van der Waals surface area contributed by atoms with Gasteiger partial charge in [0.05, 0.1) is 6.10 Å². The summed E-state index contributed by atoms with van der Waals surface area (Å²) in [6.07, 6.45) is 0.745. The first-order chi connectivity index (χ1) is 2.27. The predicted octanol–water partition coefficient (Wildman–Crippen LogP) is 1.78. The molecule has 56 valence electrons. The average molecular weight is 164 g/mol. The average Bonchev–Trinajstić information content (AvgIpc) is 1.38. The summed E-state index contributed by atoms with van der Waals surface area (Å²) in [7, 11) is 0. The highest BCUT2D eigenvalue weighted by Gasteiger charge is 1.81. The molecular weight excluding hydrogens is 149 g/mol. The molecule has 0 spiro atoms. The van der Waals surface area contributed by atoms with Gasteiger partial charge in [-0.2, -0.15) is 0 Å². The van der Waals surface area contributed by atoms with Gasteiger partial charge < -0.3 is 11.3 Å². The molecule has 0 fully saturated rings. The second kappa shape index (κ2) is 15.6. The van der Waals surface area contributed by atoms with Crippen molar-refractivity contribution in [2.75, 3.05) is 0 Å². The van der Waals surface area contributed by atoms with Crippen LogP contribution in [0.2, 0.25) is 0 Å². The predicted molar refractivity (Wildman–Crippen MR) is 41.5 cm³/mol. The molecule has 0 aromatic heterocycles. The summed E-state index contributed by atoms with van der Waals surface area (Å²) in [5, 5.41) is 8.36. The minimum absolute atomic E-state index is 0. The zero-order valence-corrected chi connectivity index (χ0v) is 6.89. The van der Waals surface area contributed by atoms with E-state index in [0.717, 1.165) is 6.42 Å². The van der Waals surface area contributed by atoms with Crippen molar-refractivity contribution in [3.8, 4) is 0 Å². The molecule has 0 aliphatic heterocycles. The Kier molecular flexibility index (Phi) is 46.2. The molecule has 0 saturated carbocycles. The van der Waals surface area contributed by atoms with Crippen LogP contribution in [0.25, 0.3) is 0 Å². The molecule has 1 unspecified atom stereocenters. The van der Waals surface area contributed by atoms with Crippen LogP contribution in [0.15, 0.2) is 0 Å². The van der Waals surface area contributed by atoms with E-state index in [-0.39, 0.29) is 37.1 Å². The van der Waals surface area contributed by atoms with Crippen LogP contribution in [0.3, 0.4) is 0 Å². The molecule has 4 N–H and O–H groups in total. The van der Waals surface area contributed by atoms with E-state index in [2.05, 4.69) is 0 Å². The quantitative estimate of drug-likeness (QED) is 0.620. The lowest BCUT2D eigenvalue weighted by molar-refractivity contribution is 0.191. The lowest BCUT2D eigenvalue weighted by Crippen LogP contribution is -1.93. The molecule has 0 radical (unpaired) electrons. The summed E-state index contributed by atoms with van der Waals surface area (Å²) in [4.78, 5) is 0. The Bertz CT molecular complexity index is 28.0. The van der Waals surface area contributed by atoms with Gasteiger partial charge in [0.1, 0.15) is 0 Å². The van der Waals surface area contributed by atoms with E-state index in [1.807, 2.05) is 6.92 Å². The maximum atomic E-state index is 8.36. The van der Waals surface area contributed by atoms with Gasteiger partial charge in [-0.3, -0.25) is 0 Å². The van der Waals surface area contributed by atoms with E-state index in [4.69, 9.17) is 5.11 Å². The number of aliphatic hydroxyl groups excluding tert-OH is 1. The lowest BCUT2D eigenvalue weighted by atomic mass is 10.3. The Hall–Kier alpha value is 0.500. The number of aliphatic hydroxyl groups is 1. The van der Waals surface area contributed by atoms with Crippen molar-refractivity contribution in [1.82, 2.24) is 6.15 Å². The minimum atomic E-state index is -0.116. The Morgan fingerprint density at radius 1 is 1.38 bits per heavy atom. The first-order valence-corrected chi connectivity index (χ1v) is 1.95. The maximum absolute atomic E-state index is 8.36. The fourth-order valence-corrected chi connectivity index (χ4v) is 0. The normalized spacial score (nSPS) is 9.38. The van der Waals surface area contributed by atoms with Gasteiger partial charge in [-0.05, 0) is 13.3 Å². The highest BCUT2D eigenvalue weighted by Crippen LogP contribution is 1.81. The number of halogens is 2. The molecule has 0 saturated heterocycles. The van der Waals surface area contributed by atoms with Gasteiger partial charge in [-0.25, -0.2) is 0 Å². The maximum Gasteiger partial charge on any atom is 0.0509 e. The summed E-state index contributed by atoms with van der Waals surface area (Å²) in [6.45, 7) is 3.73. The van der Waals surface area contributed by atoms with Crippen LogP contribution in [0.5, 0.6) is 0 Å². The molecule has 0 aromatic carbocycles. The van der Waals surface area contributed by atoms with Crippen molar-refractivity contribution < 1.29 is 5.11 Å². The fraction of sp³-hybridized carbons (Fsp3) is 1.00. The van der Waals surface area contributed by atoms with Crippen LogP contribution in [-0.4, -0.2) is 11.2 Å². The smallest absolute Gasteiger partial charge is 0.0509 e. The van der Waals surface area contributed by atoms with Gasteiger partial charge in [0.25, 0.3) is 0 Å². The summed E-state index contributed by atoms with van der Waals surface area (Å²) >= 11 is 0. The molecule has 4 heteroatoms. The van der Waals surface area contributed by atoms with Crippen molar-refractivity contribution in [2.24, 2.45) is 0 Å². The van der Waals surface area contributed by atoms with Crippen LogP contribution in [0.4, 0.5) is 0 Å². The van der Waals surface area contributed by atoms with E-state index in [1.165, 1.54) is 0 Å². The summed E-state index contributed by atoms with van der Waals surface area (Å²) < 4.78 is 0. The molecule has 0 heterocycles. The molecule has 0 aliphatic carbocycles. The molecule has 2 nitrogen and oxygen atoms in total. The number of rotatable bonds is 1. The van der Waals surface area contributed by atoms with Crippen LogP contribution >= 0.6 is 24.8 Å². The van der Waals surface area contributed by atoms with Crippen LogP contribution in [0, 0.1) is 0 Å². The Balaban J connectivity index is -0.0000000267. The Morgan fingerprint density at radius 2 is 1.50 bits per heavy atom. The van der Waals surface area contributed by atoms with Gasteiger partial charge in [0.15, 0.2) is 0 Å². The van der Waals surface area contributed by atoms with Gasteiger partial charge in [-0.15, -0.1) is 24.8 Å². The molecule has 0 aliphatic rings. The third-order valence-corrected chi connectivity index (χ3v) is 0.591. The van der Waals surface area contributed by atoms with Crippen LogP contribution in [0.1, 0.15) is 20.3 Å². The molecular formula is C4H15Cl2NO. The molecule has 0 rings (SSSR count). The highest BCUT2D eigenvalue weighted by molar-refractivity contribution is 5.85. The largest absolute Gasteiger partial charge is 0.393 e. The third kappa shape index (κ3) is 31.5. The molecule has 0 amide bonds. The minimum Gasteiger partial charge on any atom is -0.393 e.